The van der Waals surface area contributed by atoms with Crippen LogP contribution in [0, 0.1) is 18.6 Å². The molecule has 0 saturated carbocycles. The van der Waals surface area contributed by atoms with Crippen molar-refractivity contribution in [1.29, 1.82) is 0 Å². The maximum absolute atomic E-state index is 13.5. The Kier molecular flexibility index (Phi) is 3.10. The first-order valence-electron chi connectivity index (χ1n) is 4.87. The summed E-state index contributed by atoms with van der Waals surface area (Å²) in [7, 11) is -4.42. The molecule has 0 atom stereocenters. The van der Waals surface area contributed by atoms with Gasteiger partial charge in [0.25, 0.3) is 10.0 Å². The number of aromatic nitrogens is 2. The third kappa shape index (κ3) is 2.62. The van der Waals surface area contributed by atoms with E-state index in [2.05, 4.69) is 14.7 Å². The third-order valence-corrected chi connectivity index (χ3v) is 3.38. The molecule has 1 aromatic heterocycles. The zero-order valence-electron chi connectivity index (χ0n) is 9.52. The number of hydrogen-bond acceptors (Lipinski definition) is 6. The van der Waals surface area contributed by atoms with Crippen LogP contribution in [0.3, 0.4) is 0 Å². The van der Waals surface area contributed by atoms with Gasteiger partial charge >= 0.3 is 6.01 Å². The van der Waals surface area contributed by atoms with Gasteiger partial charge in [-0.25, -0.2) is 21.9 Å². The van der Waals surface area contributed by atoms with E-state index in [9.17, 15) is 17.2 Å². The fraction of sp³-hybridized carbons (Fsp3) is 0.111. The summed E-state index contributed by atoms with van der Waals surface area (Å²) in [5.74, 6) is -2.74. The van der Waals surface area contributed by atoms with E-state index in [1.54, 1.807) is 0 Å². The van der Waals surface area contributed by atoms with Gasteiger partial charge in [-0.3, -0.25) is 0 Å². The topological polar surface area (TPSA) is 111 Å². The Morgan fingerprint density at radius 2 is 2.05 bits per heavy atom. The van der Waals surface area contributed by atoms with Gasteiger partial charge in [0, 0.05) is 5.69 Å². The van der Waals surface area contributed by atoms with Crippen LogP contribution in [0.4, 0.5) is 20.5 Å². The highest BCUT2D eigenvalue weighted by Gasteiger charge is 2.24. The SMILES string of the molecule is Cc1noc(NS(=O)(=O)c2cc(N)cc(F)c2F)n1. The lowest BCUT2D eigenvalue weighted by Crippen LogP contribution is -2.16. The fourth-order valence-electron chi connectivity index (χ4n) is 1.29. The first-order valence-corrected chi connectivity index (χ1v) is 6.35. The van der Waals surface area contributed by atoms with Crippen molar-refractivity contribution in [2.75, 3.05) is 10.5 Å². The van der Waals surface area contributed by atoms with Crippen LogP contribution in [0.25, 0.3) is 0 Å². The summed E-state index contributed by atoms with van der Waals surface area (Å²) in [5.41, 5.74) is 5.04. The van der Waals surface area contributed by atoms with Gasteiger partial charge in [0.15, 0.2) is 17.5 Å². The number of benzene rings is 1. The molecule has 0 aliphatic rings. The largest absolute Gasteiger partial charge is 0.399 e. The molecule has 0 unspecified atom stereocenters. The van der Waals surface area contributed by atoms with Crippen molar-refractivity contribution in [3.8, 4) is 0 Å². The minimum absolute atomic E-state index is 0.178. The monoisotopic (exact) mass is 290 g/mol. The van der Waals surface area contributed by atoms with E-state index in [0.29, 0.717) is 6.07 Å². The van der Waals surface area contributed by atoms with E-state index < -0.39 is 32.6 Å². The number of nitrogens with two attached hydrogens (primary N) is 1. The molecule has 0 amide bonds. The van der Waals surface area contributed by atoms with Crippen molar-refractivity contribution in [3.05, 3.63) is 29.6 Å². The highest BCUT2D eigenvalue weighted by Crippen LogP contribution is 2.22. The summed E-state index contributed by atoms with van der Waals surface area (Å²) < 4.78 is 56.6. The molecule has 0 fully saturated rings. The van der Waals surface area contributed by atoms with Crippen LogP contribution in [-0.2, 0) is 10.0 Å². The Morgan fingerprint density at radius 3 is 2.63 bits per heavy atom. The first kappa shape index (κ1) is 13.2. The van der Waals surface area contributed by atoms with Crippen LogP contribution in [0.1, 0.15) is 5.82 Å². The zero-order chi connectivity index (χ0) is 14.2. The lowest BCUT2D eigenvalue weighted by atomic mass is 10.3. The van der Waals surface area contributed by atoms with Gasteiger partial charge < -0.3 is 10.3 Å². The Morgan fingerprint density at radius 1 is 1.37 bits per heavy atom. The van der Waals surface area contributed by atoms with E-state index in [-0.39, 0.29) is 11.5 Å². The number of aryl methyl sites for hydroxylation is 1. The molecule has 0 aliphatic carbocycles. The van der Waals surface area contributed by atoms with E-state index >= 15 is 0 Å². The average Bonchev–Trinajstić information content (AvgIpc) is 2.68. The molecule has 2 aromatic rings. The number of nitrogen functional groups attached to an aromatic ring is 1. The van der Waals surface area contributed by atoms with Crippen molar-refractivity contribution in [2.24, 2.45) is 0 Å². The molecule has 0 saturated heterocycles. The number of hydrogen-bond donors (Lipinski definition) is 2. The van der Waals surface area contributed by atoms with Gasteiger partial charge in [0.2, 0.25) is 0 Å². The van der Waals surface area contributed by atoms with E-state index in [0.717, 1.165) is 6.07 Å². The smallest absolute Gasteiger partial charge is 0.335 e. The van der Waals surface area contributed by atoms with E-state index in [4.69, 9.17) is 5.73 Å². The van der Waals surface area contributed by atoms with Gasteiger partial charge in [-0.15, -0.1) is 0 Å². The summed E-state index contributed by atoms with van der Waals surface area (Å²) in [6.07, 6.45) is 0. The van der Waals surface area contributed by atoms with Crippen molar-refractivity contribution in [1.82, 2.24) is 10.1 Å². The molecule has 3 N–H and O–H groups in total. The number of anilines is 2. The molecule has 2 rings (SSSR count). The standard InChI is InChI=1S/C9H8F2N4O3S/c1-4-13-9(18-14-4)15-19(16,17)7-3-5(12)2-6(10)8(7)11/h2-3H,12H2,1H3,(H,13,14,15). The molecule has 1 heterocycles. The average molecular weight is 290 g/mol. The summed E-state index contributed by atoms with van der Waals surface area (Å²) in [6, 6.07) is 0.995. The Balaban J connectivity index is 2.45. The molecule has 0 radical (unpaired) electrons. The summed E-state index contributed by atoms with van der Waals surface area (Å²) in [4.78, 5) is 2.64. The minimum Gasteiger partial charge on any atom is -0.399 e. The summed E-state index contributed by atoms with van der Waals surface area (Å²) in [6.45, 7) is 1.46. The van der Waals surface area contributed by atoms with Gasteiger partial charge in [0.05, 0.1) is 0 Å². The quantitative estimate of drug-likeness (QED) is 0.817. The lowest BCUT2D eigenvalue weighted by Gasteiger charge is -2.06. The Labute approximate surface area is 106 Å². The summed E-state index contributed by atoms with van der Waals surface area (Å²) in [5, 5.41) is 3.35. The number of nitrogens with zero attached hydrogens (tertiary/aromatic N) is 2. The zero-order valence-corrected chi connectivity index (χ0v) is 10.3. The normalized spacial score (nSPS) is 11.5. The number of halogens is 2. The Bertz CT molecular complexity index is 729. The van der Waals surface area contributed by atoms with Crippen molar-refractivity contribution in [3.63, 3.8) is 0 Å². The molecule has 0 bridgehead atoms. The second-order valence-electron chi connectivity index (χ2n) is 3.57. The van der Waals surface area contributed by atoms with Gasteiger partial charge in [-0.2, -0.15) is 4.98 Å². The van der Waals surface area contributed by atoms with Crippen molar-refractivity contribution in [2.45, 2.75) is 11.8 Å². The second-order valence-corrected chi connectivity index (χ2v) is 5.22. The van der Waals surface area contributed by atoms with Crippen LogP contribution in [0.5, 0.6) is 0 Å². The van der Waals surface area contributed by atoms with Crippen LogP contribution >= 0.6 is 0 Å². The first-order chi connectivity index (χ1) is 8.79. The van der Waals surface area contributed by atoms with E-state index in [1.165, 1.54) is 6.92 Å². The number of rotatable bonds is 3. The minimum atomic E-state index is -4.42. The van der Waals surface area contributed by atoms with Gasteiger partial charge in [-0.1, -0.05) is 5.16 Å². The number of nitrogens with one attached hydrogen (secondary N) is 1. The fourth-order valence-corrected chi connectivity index (χ4v) is 2.34. The molecule has 10 heteroatoms. The molecule has 19 heavy (non-hydrogen) atoms. The predicted molar refractivity (Wildman–Crippen MR) is 60.6 cm³/mol. The van der Waals surface area contributed by atoms with Crippen LogP contribution in [0.15, 0.2) is 21.6 Å². The van der Waals surface area contributed by atoms with E-state index in [1.807, 2.05) is 4.72 Å². The molecule has 0 aliphatic heterocycles. The predicted octanol–water partition coefficient (Wildman–Crippen LogP) is 1.04. The van der Waals surface area contributed by atoms with Gasteiger partial charge in [-0.05, 0) is 19.1 Å². The molecular formula is C9H8F2N4O3S. The lowest BCUT2D eigenvalue weighted by molar-refractivity contribution is 0.429. The second kappa shape index (κ2) is 4.46. The van der Waals surface area contributed by atoms with Crippen molar-refractivity contribution < 1.29 is 21.7 Å². The maximum atomic E-state index is 13.5. The third-order valence-electron chi connectivity index (χ3n) is 2.06. The molecule has 0 spiro atoms. The van der Waals surface area contributed by atoms with Gasteiger partial charge in [0.1, 0.15) is 4.90 Å². The molecule has 7 nitrogen and oxygen atoms in total. The van der Waals surface area contributed by atoms with Crippen LogP contribution in [0.2, 0.25) is 0 Å². The van der Waals surface area contributed by atoms with Crippen molar-refractivity contribution >= 4 is 21.7 Å². The molecular weight excluding hydrogens is 282 g/mol. The Hall–Kier alpha value is -2.23. The molecule has 1 aromatic carbocycles. The highest BCUT2D eigenvalue weighted by molar-refractivity contribution is 7.92. The highest BCUT2D eigenvalue weighted by atomic mass is 32.2. The van der Waals surface area contributed by atoms with Crippen LogP contribution < -0.4 is 10.5 Å². The summed E-state index contributed by atoms with van der Waals surface area (Å²) >= 11 is 0. The molecule has 102 valence electrons. The number of sulfonamides is 1. The maximum Gasteiger partial charge on any atom is 0.335 e. The van der Waals surface area contributed by atoms with Crippen LogP contribution in [-0.4, -0.2) is 18.6 Å².